The summed E-state index contributed by atoms with van der Waals surface area (Å²) in [4.78, 5) is 4.20. The number of pyridine rings is 1. The predicted octanol–water partition coefficient (Wildman–Crippen LogP) is 16.2. The molecule has 0 bridgehead atoms. The van der Waals surface area contributed by atoms with Crippen molar-refractivity contribution in [3.63, 3.8) is 0 Å². The van der Waals surface area contributed by atoms with E-state index < -0.39 is 47.0 Å². The molecule has 0 unspecified atom stereocenters. The average molecular weight is 935 g/mol. The summed E-state index contributed by atoms with van der Waals surface area (Å²) in [5, 5.41) is 12.7. The van der Waals surface area contributed by atoms with Crippen LogP contribution in [0.2, 0.25) is 0 Å². The second-order valence-electron chi connectivity index (χ2n) is 16.0. The molecular weight excluding hydrogens is 909 g/mol. The molecular formula is C52H26F12N4. The molecule has 0 saturated heterocycles. The van der Waals surface area contributed by atoms with Crippen molar-refractivity contribution in [2.45, 2.75) is 24.7 Å². The van der Waals surface area contributed by atoms with E-state index in [-0.39, 0.29) is 39.9 Å². The van der Waals surface area contributed by atoms with E-state index in [1.807, 2.05) is 9.13 Å². The van der Waals surface area contributed by atoms with Gasteiger partial charge in [0.1, 0.15) is 0 Å². The number of fused-ring (bicyclic) bond motifs is 6. The Kier molecular flexibility index (Phi) is 9.99. The number of nitriles is 1. The van der Waals surface area contributed by atoms with Gasteiger partial charge in [-0.1, -0.05) is 48.5 Å². The maximum absolute atomic E-state index is 14.0. The summed E-state index contributed by atoms with van der Waals surface area (Å²) >= 11 is 0. The minimum absolute atomic E-state index is 0.0633. The summed E-state index contributed by atoms with van der Waals surface area (Å²) in [5.74, 6) is 0. The maximum atomic E-state index is 14.0. The number of hydrogen-bond acceptors (Lipinski definition) is 2. The average Bonchev–Trinajstić information content (AvgIpc) is 3.82. The molecule has 16 heteroatoms. The summed E-state index contributed by atoms with van der Waals surface area (Å²) in [6.45, 7) is 0. The number of benzene rings is 7. The number of alkyl halides is 12. The van der Waals surface area contributed by atoms with Gasteiger partial charge in [-0.2, -0.15) is 57.9 Å². The van der Waals surface area contributed by atoms with Crippen molar-refractivity contribution >= 4 is 43.6 Å². The molecule has 338 valence electrons. The Morgan fingerprint density at radius 1 is 0.368 bits per heavy atom. The topological polar surface area (TPSA) is 46.5 Å². The molecule has 3 aromatic heterocycles. The van der Waals surface area contributed by atoms with Crippen molar-refractivity contribution in [1.82, 2.24) is 14.1 Å². The van der Waals surface area contributed by atoms with Crippen molar-refractivity contribution in [2.75, 3.05) is 0 Å². The summed E-state index contributed by atoms with van der Waals surface area (Å²) < 4.78 is 171. The number of hydrogen-bond donors (Lipinski definition) is 0. The highest BCUT2D eigenvalue weighted by Crippen LogP contribution is 2.46. The van der Waals surface area contributed by atoms with Crippen LogP contribution in [0.4, 0.5) is 52.7 Å². The van der Waals surface area contributed by atoms with Crippen molar-refractivity contribution in [1.29, 1.82) is 5.26 Å². The van der Waals surface area contributed by atoms with Gasteiger partial charge in [-0.05, 0) is 125 Å². The van der Waals surface area contributed by atoms with Gasteiger partial charge in [-0.15, -0.1) is 0 Å². The standard InChI is InChI=1S/C52H26F12N4/c53-49(54,55)34-19-32(20-35(25-34)50(56,57)58)30-9-11-44-40(23-30)38-5-1-3-7-42(38)67(44)46-17-28(27-65)18-47(48(46)29-13-15-66-16-14-29)68-43-8-4-2-6-39(43)41-24-31(10-12-45(41)68)33-21-36(51(59,60)61)26-37(22-33)52(62,63)64/h1-26H. The summed E-state index contributed by atoms with van der Waals surface area (Å²) in [5.41, 5.74) is -2.21. The van der Waals surface area contributed by atoms with Crippen LogP contribution >= 0.6 is 0 Å². The monoisotopic (exact) mass is 934 g/mol. The molecule has 0 aliphatic heterocycles. The van der Waals surface area contributed by atoms with Gasteiger partial charge in [-0.3, -0.25) is 4.98 Å². The van der Waals surface area contributed by atoms with E-state index in [2.05, 4.69) is 11.1 Å². The second-order valence-corrected chi connectivity index (χ2v) is 16.0. The molecule has 68 heavy (non-hydrogen) atoms. The van der Waals surface area contributed by atoms with Gasteiger partial charge >= 0.3 is 24.7 Å². The van der Waals surface area contributed by atoms with Gasteiger partial charge in [0.05, 0.1) is 67.3 Å². The Hall–Kier alpha value is -8.06. The van der Waals surface area contributed by atoms with Crippen LogP contribution in [0.15, 0.2) is 158 Å². The van der Waals surface area contributed by atoms with Crippen LogP contribution in [0.3, 0.4) is 0 Å². The van der Waals surface area contributed by atoms with Crippen molar-refractivity contribution < 1.29 is 52.7 Å². The van der Waals surface area contributed by atoms with Crippen LogP contribution in [0.5, 0.6) is 0 Å². The lowest BCUT2D eigenvalue weighted by Gasteiger charge is -2.21. The maximum Gasteiger partial charge on any atom is 0.416 e. The number of para-hydroxylation sites is 2. The Balaban J connectivity index is 1.25. The quantitative estimate of drug-likeness (QED) is 0.161. The normalized spacial score (nSPS) is 12.7. The van der Waals surface area contributed by atoms with Crippen LogP contribution in [-0.4, -0.2) is 14.1 Å². The number of aromatic nitrogens is 3. The van der Waals surface area contributed by atoms with Crippen LogP contribution in [0.1, 0.15) is 27.8 Å². The highest BCUT2D eigenvalue weighted by Gasteiger charge is 2.39. The molecule has 0 aliphatic rings. The first-order valence-corrected chi connectivity index (χ1v) is 20.3. The number of halogens is 12. The first kappa shape index (κ1) is 43.8. The van der Waals surface area contributed by atoms with Gasteiger partial charge in [0.15, 0.2) is 0 Å². The second kappa shape index (κ2) is 15.5. The lowest BCUT2D eigenvalue weighted by atomic mass is 9.97. The SMILES string of the molecule is N#Cc1cc(-n2c3ccccc3c3cc(-c4cc(C(F)(F)F)cc(C(F)(F)F)c4)ccc32)c(-c2ccncc2)c(-n2c3ccccc3c3cc(-c4cc(C(F)(F)F)cc(C(F)(F)F)c4)ccc32)c1. The first-order chi connectivity index (χ1) is 32.2. The molecule has 3 heterocycles. The Morgan fingerprint density at radius 2 is 0.735 bits per heavy atom. The molecule has 0 atom stereocenters. The molecule has 10 aromatic rings. The van der Waals surface area contributed by atoms with Crippen molar-refractivity contribution in [3.8, 4) is 50.8 Å². The van der Waals surface area contributed by atoms with Gasteiger partial charge < -0.3 is 9.13 Å². The molecule has 0 N–H and O–H groups in total. The van der Waals surface area contributed by atoms with E-state index >= 15 is 0 Å². The molecule has 0 amide bonds. The van der Waals surface area contributed by atoms with Gasteiger partial charge in [-0.25, -0.2) is 0 Å². The Labute approximate surface area is 376 Å². The highest BCUT2D eigenvalue weighted by atomic mass is 19.4. The van der Waals surface area contributed by atoms with Gasteiger partial charge in [0.25, 0.3) is 0 Å². The summed E-state index contributed by atoms with van der Waals surface area (Å²) in [6.07, 6.45) is -17.2. The van der Waals surface area contributed by atoms with E-state index in [1.165, 1.54) is 24.3 Å². The molecule has 0 aliphatic carbocycles. The molecule has 4 nitrogen and oxygen atoms in total. The van der Waals surface area contributed by atoms with Gasteiger partial charge in [0, 0.05) is 39.5 Å². The zero-order valence-corrected chi connectivity index (χ0v) is 34.3. The van der Waals surface area contributed by atoms with E-state index in [0.717, 1.165) is 0 Å². The van der Waals surface area contributed by atoms with E-state index in [4.69, 9.17) is 0 Å². The lowest BCUT2D eigenvalue weighted by Crippen LogP contribution is -2.11. The van der Waals surface area contributed by atoms with Crippen LogP contribution in [-0.2, 0) is 24.7 Å². The molecule has 10 rings (SSSR count). The third kappa shape index (κ3) is 7.53. The van der Waals surface area contributed by atoms with Crippen LogP contribution in [0, 0.1) is 11.3 Å². The van der Waals surface area contributed by atoms with E-state index in [1.54, 1.807) is 97.3 Å². The van der Waals surface area contributed by atoms with E-state index in [9.17, 15) is 57.9 Å². The Bertz CT molecular complexity index is 3420. The first-order valence-electron chi connectivity index (χ1n) is 20.3. The highest BCUT2D eigenvalue weighted by molar-refractivity contribution is 6.13. The zero-order valence-electron chi connectivity index (χ0n) is 34.3. The smallest absolute Gasteiger partial charge is 0.308 e. The zero-order chi connectivity index (χ0) is 48.1. The number of nitrogens with zero attached hydrogens (tertiary/aromatic N) is 4. The fourth-order valence-electron chi connectivity index (χ4n) is 8.91. The molecule has 0 fully saturated rings. The fraction of sp³-hybridized carbons (Fsp3) is 0.0769. The van der Waals surface area contributed by atoms with Gasteiger partial charge in [0.2, 0.25) is 0 Å². The molecule has 0 saturated carbocycles. The summed E-state index contributed by atoms with van der Waals surface area (Å²) in [6, 6.07) is 34.7. The number of rotatable bonds is 5. The minimum Gasteiger partial charge on any atom is -0.308 e. The fourth-order valence-corrected chi connectivity index (χ4v) is 8.91. The molecule has 0 spiro atoms. The lowest BCUT2D eigenvalue weighted by molar-refractivity contribution is -0.144. The van der Waals surface area contributed by atoms with Crippen molar-refractivity contribution in [3.05, 3.63) is 186 Å². The summed E-state index contributed by atoms with van der Waals surface area (Å²) in [7, 11) is 0. The third-order valence-electron chi connectivity index (χ3n) is 11.9. The Morgan fingerprint density at radius 3 is 1.10 bits per heavy atom. The minimum atomic E-state index is -5.08. The van der Waals surface area contributed by atoms with Crippen LogP contribution in [0.25, 0.3) is 88.4 Å². The third-order valence-corrected chi connectivity index (χ3v) is 11.9. The van der Waals surface area contributed by atoms with Crippen LogP contribution < -0.4 is 0 Å². The molecule has 0 radical (unpaired) electrons. The van der Waals surface area contributed by atoms with E-state index in [0.29, 0.717) is 90.4 Å². The predicted molar refractivity (Wildman–Crippen MR) is 234 cm³/mol. The molecule has 7 aromatic carbocycles. The largest absolute Gasteiger partial charge is 0.416 e. The van der Waals surface area contributed by atoms with Crippen molar-refractivity contribution in [2.24, 2.45) is 0 Å².